The highest BCUT2D eigenvalue weighted by atomic mass is 16.5. The standard InChI is InChI=1S/C13H18N4O/c1-4-18-11-5-10(13(11,2)3)17-12-8-15-9(6-14)7-16-12/h7-8,10-11H,4-5H2,1-3H3,(H,16,17). The van der Waals surface area contributed by atoms with Crippen LogP contribution in [0.1, 0.15) is 32.9 Å². The van der Waals surface area contributed by atoms with Gasteiger partial charge in [-0.25, -0.2) is 9.97 Å². The quantitative estimate of drug-likeness (QED) is 0.879. The molecule has 18 heavy (non-hydrogen) atoms. The van der Waals surface area contributed by atoms with Gasteiger partial charge in [0.15, 0.2) is 5.69 Å². The zero-order chi connectivity index (χ0) is 13.2. The molecule has 5 heteroatoms. The van der Waals surface area contributed by atoms with Gasteiger partial charge in [-0.15, -0.1) is 0 Å². The molecule has 0 bridgehead atoms. The number of nitrogens with zero attached hydrogens (tertiary/aromatic N) is 3. The SMILES string of the molecule is CCOC1CC(Nc2cnc(C#N)cn2)C1(C)C. The van der Waals surface area contributed by atoms with E-state index in [0.29, 0.717) is 23.7 Å². The third kappa shape index (κ3) is 2.29. The second-order valence-electron chi connectivity index (χ2n) is 5.10. The van der Waals surface area contributed by atoms with Gasteiger partial charge in [0.05, 0.1) is 18.5 Å². The molecule has 2 unspecified atom stereocenters. The molecule has 1 heterocycles. The average Bonchev–Trinajstić information content (AvgIpc) is 2.38. The van der Waals surface area contributed by atoms with Crippen LogP contribution < -0.4 is 5.32 Å². The summed E-state index contributed by atoms with van der Waals surface area (Å²) >= 11 is 0. The highest BCUT2D eigenvalue weighted by Crippen LogP contribution is 2.44. The second-order valence-corrected chi connectivity index (χ2v) is 5.10. The minimum absolute atomic E-state index is 0.0889. The van der Waals surface area contributed by atoms with Gasteiger partial charge < -0.3 is 10.1 Å². The number of nitriles is 1. The predicted octanol–water partition coefficient (Wildman–Crippen LogP) is 1.96. The van der Waals surface area contributed by atoms with Gasteiger partial charge in [0.25, 0.3) is 0 Å². The second kappa shape index (κ2) is 4.91. The van der Waals surface area contributed by atoms with Gasteiger partial charge in [-0.3, -0.25) is 0 Å². The van der Waals surface area contributed by atoms with Crippen LogP contribution in [0.3, 0.4) is 0 Å². The Hall–Kier alpha value is -1.67. The van der Waals surface area contributed by atoms with E-state index < -0.39 is 0 Å². The zero-order valence-electron chi connectivity index (χ0n) is 11.0. The van der Waals surface area contributed by atoms with Crippen molar-refractivity contribution in [3.63, 3.8) is 0 Å². The van der Waals surface area contributed by atoms with Crippen molar-refractivity contribution in [2.24, 2.45) is 5.41 Å². The minimum atomic E-state index is 0.0889. The normalized spacial score (nSPS) is 25.0. The molecule has 0 radical (unpaired) electrons. The molecule has 0 saturated heterocycles. The molecule has 5 nitrogen and oxygen atoms in total. The summed E-state index contributed by atoms with van der Waals surface area (Å²) in [5.41, 5.74) is 0.423. The number of ether oxygens (including phenoxy) is 1. The molecule has 2 atom stereocenters. The molecule has 1 aromatic heterocycles. The van der Waals surface area contributed by atoms with Crippen molar-refractivity contribution in [2.45, 2.75) is 39.3 Å². The zero-order valence-corrected chi connectivity index (χ0v) is 11.0. The van der Waals surface area contributed by atoms with Crippen LogP contribution in [-0.4, -0.2) is 28.7 Å². The summed E-state index contributed by atoms with van der Waals surface area (Å²) in [7, 11) is 0. The summed E-state index contributed by atoms with van der Waals surface area (Å²) in [6, 6.07) is 2.28. The van der Waals surface area contributed by atoms with Crippen molar-refractivity contribution in [3.8, 4) is 6.07 Å². The van der Waals surface area contributed by atoms with Crippen LogP contribution in [0, 0.1) is 16.7 Å². The Morgan fingerprint density at radius 2 is 2.28 bits per heavy atom. The Morgan fingerprint density at radius 3 is 2.78 bits per heavy atom. The molecular weight excluding hydrogens is 228 g/mol. The van der Waals surface area contributed by atoms with Gasteiger partial charge in [-0.05, 0) is 13.3 Å². The summed E-state index contributed by atoms with van der Waals surface area (Å²) in [4.78, 5) is 8.17. The third-order valence-corrected chi connectivity index (χ3v) is 3.63. The first kappa shape index (κ1) is 12.8. The van der Waals surface area contributed by atoms with Crippen molar-refractivity contribution in [1.29, 1.82) is 5.26 Å². The Bertz CT molecular complexity index is 449. The van der Waals surface area contributed by atoms with E-state index in [2.05, 4.69) is 29.1 Å². The Labute approximate surface area is 107 Å². The van der Waals surface area contributed by atoms with E-state index in [1.54, 1.807) is 6.20 Å². The number of hydrogen-bond acceptors (Lipinski definition) is 5. The van der Waals surface area contributed by atoms with Crippen molar-refractivity contribution in [2.75, 3.05) is 11.9 Å². The first-order chi connectivity index (χ1) is 8.57. The highest BCUT2D eigenvalue weighted by Gasteiger charge is 2.49. The Kier molecular flexibility index (Phi) is 3.48. The molecule has 96 valence electrons. The van der Waals surface area contributed by atoms with E-state index in [1.807, 2.05) is 13.0 Å². The van der Waals surface area contributed by atoms with Gasteiger partial charge in [-0.1, -0.05) is 13.8 Å². The lowest BCUT2D eigenvalue weighted by molar-refractivity contribution is -0.0976. The topological polar surface area (TPSA) is 70.8 Å². The molecule has 0 aromatic carbocycles. The van der Waals surface area contributed by atoms with Gasteiger partial charge in [0.2, 0.25) is 0 Å². The lowest BCUT2D eigenvalue weighted by Crippen LogP contribution is -2.58. The van der Waals surface area contributed by atoms with Crippen molar-refractivity contribution in [1.82, 2.24) is 9.97 Å². The molecule has 1 N–H and O–H groups in total. The Balaban J connectivity index is 1.97. The van der Waals surface area contributed by atoms with Gasteiger partial charge in [0, 0.05) is 18.1 Å². The van der Waals surface area contributed by atoms with Crippen LogP contribution >= 0.6 is 0 Å². The summed E-state index contributed by atoms with van der Waals surface area (Å²) in [5.74, 6) is 0.710. The fourth-order valence-electron chi connectivity index (χ4n) is 2.25. The highest BCUT2D eigenvalue weighted by molar-refractivity contribution is 5.36. The van der Waals surface area contributed by atoms with E-state index >= 15 is 0 Å². The molecular formula is C13H18N4O. The Morgan fingerprint density at radius 1 is 1.50 bits per heavy atom. The number of anilines is 1. The largest absolute Gasteiger partial charge is 0.378 e. The summed E-state index contributed by atoms with van der Waals surface area (Å²) < 4.78 is 5.68. The minimum Gasteiger partial charge on any atom is -0.378 e. The third-order valence-electron chi connectivity index (χ3n) is 3.63. The van der Waals surface area contributed by atoms with Gasteiger partial charge >= 0.3 is 0 Å². The van der Waals surface area contributed by atoms with Crippen LogP contribution in [0.25, 0.3) is 0 Å². The van der Waals surface area contributed by atoms with Gasteiger partial charge in [-0.2, -0.15) is 5.26 Å². The van der Waals surface area contributed by atoms with E-state index in [1.165, 1.54) is 6.20 Å². The van der Waals surface area contributed by atoms with Crippen molar-refractivity contribution >= 4 is 5.82 Å². The van der Waals surface area contributed by atoms with E-state index in [4.69, 9.17) is 10.00 Å². The average molecular weight is 246 g/mol. The summed E-state index contributed by atoms with van der Waals surface area (Å²) in [6.07, 6.45) is 4.35. The fraction of sp³-hybridized carbons (Fsp3) is 0.615. The van der Waals surface area contributed by atoms with E-state index in [-0.39, 0.29) is 5.41 Å². The molecule has 0 spiro atoms. The molecule has 1 saturated carbocycles. The summed E-state index contributed by atoms with van der Waals surface area (Å²) in [5, 5.41) is 12.0. The predicted molar refractivity (Wildman–Crippen MR) is 68.0 cm³/mol. The number of nitrogens with one attached hydrogen (secondary N) is 1. The monoisotopic (exact) mass is 246 g/mol. The lowest BCUT2D eigenvalue weighted by Gasteiger charge is -2.51. The van der Waals surface area contributed by atoms with Crippen LogP contribution in [0.15, 0.2) is 12.4 Å². The van der Waals surface area contributed by atoms with Crippen molar-refractivity contribution in [3.05, 3.63) is 18.1 Å². The first-order valence-corrected chi connectivity index (χ1v) is 6.18. The molecule has 1 aliphatic carbocycles. The molecule has 2 rings (SSSR count). The first-order valence-electron chi connectivity index (χ1n) is 6.18. The van der Waals surface area contributed by atoms with Crippen LogP contribution in [-0.2, 0) is 4.74 Å². The number of rotatable bonds is 4. The van der Waals surface area contributed by atoms with Crippen LogP contribution in [0.4, 0.5) is 5.82 Å². The van der Waals surface area contributed by atoms with Crippen LogP contribution in [0.5, 0.6) is 0 Å². The van der Waals surface area contributed by atoms with Crippen molar-refractivity contribution < 1.29 is 4.74 Å². The lowest BCUT2D eigenvalue weighted by atomic mass is 9.64. The van der Waals surface area contributed by atoms with E-state index in [0.717, 1.165) is 13.0 Å². The number of hydrogen-bond donors (Lipinski definition) is 1. The maximum Gasteiger partial charge on any atom is 0.158 e. The van der Waals surface area contributed by atoms with Crippen LogP contribution in [0.2, 0.25) is 0 Å². The molecule has 1 aromatic rings. The molecule has 1 fully saturated rings. The van der Waals surface area contributed by atoms with Gasteiger partial charge in [0.1, 0.15) is 11.9 Å². The fourth-order valence-corrected chi connectivity index (χ4v) is 2.25. The van der Waals surface area contributed by atoms with E-state index in [9.17, 15) is 0 Å². The molecule has 0 aliphatic heterocycles. The molecule has 1 aliphatic rings. The maximum atomic E-state index is 8.66. The smallest absolute Gasteiger partial charge is 0.158 e. The summed E-state index contributed by atoms with van der Waals surface area (Å²) in [6.45, 7) is 7.14. The maximum absolute atomic E-state index is 8.66. The number of aromatic nitrogens is 2. The molecule has 0 amide bonds.